The molecule has 2 amide bonds. The van der Waals surface area contributed by atoms with Gasteiger partial charge < -0.3 is 10.1 Å². The van der Waals surface area contributed by atoms with Crippen LogP contribution in [0.1, 0.15) is 41.1 Å². The van der Waals surface area contributed by atoms with Gasteiger partial charge in [-0.1, -0.05) is 53.7 Å². The zero-order valence-electron chi connectivity index (χ0n) is 21.0. The van der Waals surface area contributed by atoms with Crippen molar-refractivity contribution in [3.8, 4) is 5.75 Å². The molecule has 0 saturated carbocycles. The number of hydrazone groups is 1. The number of benzene rings is 3. The van der Waals surface area contributed by atoms with Crippen LogP contribution in [0, 0.1) is 13.8 Å². The summed E-state index contributed by atoms with van der Waals surface area (Å²) in [6.45, 7) is 4.02. The molecule has 1 N–H and O–H groups in total. The number of carbonyl (C=O) groups is 2. The number of aryl methyl sites for hydroxylation is 2. The Morgan fingerprint density at radius 2 is 1.81 bits per heavy atom. The predicted octanol–water partition coefficient (Wildman–Crippen LogP) is 5.49. The molecule has 0 aliphatic carbocycles. The summed E-state index contributed by atoms with van der Waals surface area (Å²) in [5.41, 5.74) is 5.93. The number of nitrogens with zero attached hydrogens (tertiary/aromatic N) is 3. The fourth-order valence-electron chi connectivity index (χ4n) is 4.40. The van der Waals surface area contributed by atoms with Gasteiger partial charge in [0.05, 0.1) is 18.9 Å². The Labute approximate surface area is 220 Å². The highest BCUT2D eigenvalue weighted by Crippen LogP contribution is 2.38. The van der Waals surface area contributed by atoms with Crippen LogP contribution in [0.3, 0.4) is 0 Å². The van der Waals surface area contributed by atoms with Crippen LogP contribution in [0.25, 0.3) is 0 Å². The molecule has 8 heteroatoms. The smallest absolute Gasteiger partial charge is 0.262 e. The van der Waals surface area contributed by atoms with Gasteiger partial charge in [0, 0.05) is 18.5 Å². The molecule has 2 aliphatic rings. The Kier molecular flexibility index (Phi) is 7.10. The minimum atomic E-state index is -0.585. The summed E-state index contributed by atoms with van der Waals surface area (Å²) in [6, 6.07) is 23.6. The third kappa shape index (κ3) is 5.59. The Hall–Kier alpha value is -3.91. The maximum Gasteiger partial charge on any atom is 0.262 e. The summed E-state index contributed by atoms with van der Waals surface area (Å²) in [5, 5.41) is 9.57. The van der Waals surface area contributed by atoms with Crippen LogP contribution in [0.15, 0.2) is 82.9 Å². The molecule has 188 valence electrons. The number of aliphatic imine (C=N–C) groups is 1. The number of nitrogens with one attached hydrogen (secondary N) is 1. The molecule has 0 saturated heterocycles. The van der Waals surface area contributed by atoms with Gasteiger partial charge in [-0.3, -0.25) is 9.59 Å². The molecule has 0 spiro atoms. The molecule has 0 radical (unpaired) electrons. The number of carbonyl (C=O) groups excluding carboxylic acids is 2. The van der Waals surface area contributed by atoms with E-state index in [2.05, 4.69) is 41.5 Å². The highest BCUT2D eigenvalue weighted by Gasteiger charge is 2.39. The second kappa shape index (κ2) is 10.6. The summed E-state index contributed by atoms with van der Waals surface area (Å²) in [6.07, 6.45) is 0.713. The average Bonchev–Trinajstić information content (AvgIpc) is 3.48. The lowest BCUT2D eigenvalue weighted by atomic mass is 9.98. The molecule has 5 rings (SSSR count). The van der Waals surface area contributed by atoms with Gasteiger partial charge in [0.25, 0.3) is 5.91 Å². The van der Waals surface area contributed by atoms with E-state index in [0.717, 1.165) is 28.2 Å². The van der Waals surface area contributed by atoms with E-state index in [4.69, 9.17) is 9.84 Å². The lowest BCUT2D eigenvalue weighted by Crippen LogP contribution is -2.25. The number of methoxy groups -OCH3 is 1. The first-order chi connectivity index (χ1) is 17.9. The molecule has 0 fully saturated rings. The lowest BCUT2D eigenvalue weighted by molar-refractivity contribution is -0.121. The second-order valence-corrected chi connectivity index (χ2v) is 10.4. The van der Waals surface area contributed by atoms with Gasteiger partial charge in [-0.15, -0.1) is 0 Å². The zero-order valence-corrected chi connectivity index (χ0v) is 21.8. The van der Waals surface area contributed by atoms with E-state index in [9.17, 15) is 9.59 Å². The normalized spacial score (nSPS) is 19.0. The SMILES string of the molecule is COc1ccc(C2=NN(C3=NC(=O)[C@H](CC(=O)Nc4cccc(C)c4)S3)[C@H](c3ccc(C)cc3)C2)cc1. The Morgan fingerprint density at radius 3 is 2.51 bits per heavy atom. The summed E-state index contributed by atoms with van der Waals surface area (Å²) in [4.78, 5) is 29.8. The molecule has 37 heavy (non-hydrogen) atoms. The van der Waals surface area contributed by atoms with Crippen LogP contribution in [0.2, 0.25) is 0 Å². The predicted molar refractivity (Wildman–Crippen MR) is 148 cm³/mol. The minimum Gasteiger partial charge on any atom is -0.497 e. The van der Waals surface area contributed by atoms with Crippen LogP contribution in [-0.2, 0) is 9.59 Å². The first kappa shape index (κ1) is 24.8. The van der Waals surface area contributed by atoms with Crippen molar-refractivity contribution in [2.45, 2.75) is 38.0 Å². The maximum atomic E-state index is 12.8. The Balaban J connectivity index is 1.35. The van der Waals surface area contributed by atoms with Crippen molar-refractivity contribution in [3.05, 3.63) is 95.1 Å². The standard InChI is InChI=1S/C29H28N4O3S/c1-18-7-9-21(10-8-18)25-16-24(20-11-13-23(36-3)14-12-20)32-33(25)29-31-28(35)26(37-29)17-27(34)30-22-6-4-5-19(2)15-22/h4-15,25-26H,16-17H2,1-3H3,(H,30,34)/t25-,26-/m0/s1. The van der Waals surface area contributed by atoms with Crippen molar-refractivity contribution in [2.75, 3.05) is 12.4 Å². The number of thioether (sulfide) groups is 1. The fraction of sp³-hybridized carbons (Fsp3) is 0.241. The quantitative estimate of drug-likeness (QED) is 0.472. The van der Waals surface area contributed by atoms with E-state index in [-0.39, 0.29) is 24.3 Å². The summed E-state index contributed by atoms with van der Waals surface area (Å²) < 4.78 is 5.29. The molecule has 3 aromatic rings. The number of rotatable bonds is 6. The first-order valence-corrected chi connectivity index (χ1v) is 13.0. The summed E-state index contributed by atoms with van der Waals surface area (Å²) >= 11 is 1.30. The molecular formula is C29H28N4O3S. The van der Waals surface area contributed by atoms with Crippen LogP contribution in [0.5, 0.6) is 5.75 Å². The van der Waals surface area contributed by atoms with Gasteiger partial charge in [-0.05, 0) is 66.9 Å². The van der Waals surface area contributed by atoms with E-state index in [0.29, 0.717) is 17.3 Å². The largest absolute Gasteiger partial charge is 0.497 e. The number of ether oxygens (including phenoxy) is 1. The van der Waals surface area contributed by atoms with E-state index in [1.165, 1.54) is 17.3 Å². The molecule has 0 aromatic heterocycles. The highest BCUT2D eigenvalue weighted by molar-refractivity contribution is 8.15. The number of hydrogen-bond acceptors (Lipinski definition) is 6. The zero-order chi connectivity index (χ0) is 25.9. The van der Waals surface area contributed by atoms with Gasteiger partial charge in [0.2, 0.25) is 5.91 Å². The van der Waals surface area contributed by atoms with E-state index in [1.54, 1.807) is 7.11 Å². The van der Waals surface area contributed by atoms with Crippen LogP contribution in [-0.4, -0.2) is 40.1 Å². The lowest BCUT2D eigenvalue weighted by Gasteiger charge is -2.23. The highest BCUT2D eigenvalue weighted by atomic mass is 32.2. The molecule has 0 bridgehead atoms. The third-order valence-corrected chi connectivity index (χ3v) is 7.54. The average molecular weight is 513 g/mol. The minimum absolute atomic E-state index is 0.0442. The van der Waals surface area contributed by atoms with Gasteiger partial charge in [0.1, 0.15) is 11.0 Å². The summed E-state index contributed by atoms with van der Waals surface area (Å²) in [5.74, 6) is 0.254. The topological polar surface area (TPSA) is 83.4 Å². The molecule has 2 aliphatic heterocycles. The van der Waals surface area contributed by atoms with E-state index < -0.39 is 5.25 Å². The van der Waals surface area contributed by atoms with Gasteiger partial charge >= 0.3 is 0 Å². The molecule has 7 nitrogen and oxygen atoms in total. The van der Waals surface area contributed by atoms with Crippen molar-refractivity contribution in [1.82, 2.24) is 5.01 Å². The number of amides is 2. The molecular weight excluding hydrogens is 484 g/mol. The summed E-state index contributed by atoms with van der Waals surface area (Å²) in [7, 11) is 1.64. The van der Waals surface area contributed by atoms with Crippen molar-refractivity contribution >= 4 is 40.1 Å². The monoisotopic (exact) mass is 512 g/mol. The molecule has 2 atom stereocenters. The van der Waals surface area contributed by atoms with Crippen molar-refractivity contribution in [3.63, 3.8) is 0 Å². The van der Waals surface area contributed by atoms with E-state index in [1.807, 2.05) is 60.5 Å². The first-order valence-electron chi connectivity index (χ1n) is 12.1. The second-order valence-electron chi connectivity index (χ2n) is 9.21. The van der Waals surface area contributed by atoms with Crippen molar-refractivity contribution < 1.29 is 14.3 Å². The number of hydrogen-bond donors (Lipinski definition) is 1. The van der Waals surface area contributed by atoms with Crippen LogP contribution in [0.4, 0.5) is 5.69 Å². The molecule has 2 heterocycles. The third-order valence-electron chi connectivity index (χ3n) is 6.39. The van der Waals surface area contributed by atoms with E-state index >= 15 is 0 Å². The van der Waals surface area contributed by atoms with Crippen LogP contribution >= 0.6 is 11.8 Å². The Morgan fingerprint density at radius 1 is 1.05 bits per heavy atom. The molecule has 3 aromatic carbocycles. The van der Waals surface area contributed by atoms with Gasteiger partial charge in [-0.25, -0.2) is 5.01 Å². The molecule has 0 unspecified atom stereocenters. The fourth-order valence-corrected chi connectivity index (χ4v) is 5.46. The van der Waals surface area contributed by atoms with Crippen molar-refractivity contribution in [1.29, 1.82) is 0 Å². The van der Waals surface area contributed by atoms with Crippen molar-refractivity contribution in [2.24, 2.45) is 10.1 Å². The number of amidine groups is 1. The van der Waals surface area contributed by atoms with Gasteiger partial charge in [0.15, 0.2) is 5.17 Å². The van der Waals surface area contributed by atoms with Gasteiger partial charge in [-0.2, -0.15) is 10.1 Å². The maximum absolute atomic E-state index is 12.8. The van der Waals surface area contributed by atoms with Crippen LogP contribution < -0.4 is 10.1 Å². The Bertz CT molecular complexity index is 1380. The number of anilines is 1.